The van der Waals surface area contributed by atoms with Gasteiger partial charge in [-0.05, 0) is 53.6 Å². The highest BCUT2D eigenvalue weighted by atomic mass is 16.5. The van der Waals surface area contributed by atoms with E-state index in [1.54, 1.807) is 6.07 Å². The average molecular weight is 399 g/mol. The molecule has 4 rings (SSSR count). The Morgan fingerprint density at radius 1 is 0.800 bits per heavy atom. The van der Waals surface area contributed by atoms with E-state index in [-0.39, 0.29) is 0 Å². The molecular weight excluding hydrogens is 374 g/mol. The first-order valence-corrected chi connectivity index (χ1v) is 9.95. The van der Waals surface area contributed by atoms with Crippen LogP contribution in [0.2, 0.25) is 0 Å². The summed E-state index contributed by atoms with van der Waals surface area (Å²) in [6, 6.07) is 23.7. The molecule has 2 aromatic carbocycles. The number of rotatable bonds is 8. The maximum Gasteiger partial charge on any atom is 0.124 e. The summed E-state index contributed by atoms with van der Waals surface area (Å²) in [6.07, 6.45) is 0.835. The largest absolute Gasteiger partial charge is 0.489 e. The van der Waals surface area contributed by atoms with Crippen molar-refractivity contribution in [1.82, 2.24) is 15.3 Å². The van der Waals surface area contributed by atoms with Gasteiger partial charge in [-0.25, -0.2) is 9.97 Å². The Balaban J connectivity index is 1.30. The number of aromatic nitrogens is 2. The van der Waals surface area contributed by atoms with Gasteiger partial charge in [0.2, 0.25) is 0 Å². The lowest BCUT2D eigenvalue weighted by molar-refractivity contribution is 0.306. The SMILES string of the molecule is Nc1cccc(CCNCc2cccc(OCc3ccc4ccc(N)nc4c3)c2)n1. The number of benzene rings is 2. The molecule has 0 unspecified atom stereocenters. The summed E-state index contributed by atoms with van der Waals surface area (Å²) < 4.78 is 5.99. The first-order chi connectivity index (χ1) is 14.7. The molecule has 30 heavy (non-hydrogen) atoms. The van der Waals surface area contributed by atoms with E-state index in [0.29, 0.717) is 18.2 Å². The summed E-state index contributed by atoms with van der Waals surface area (Å²) in [7, 11) is 0. The molecule has 0 aliphatic carbocycles. The molecule has 0 spiro atoms. The second-order valence-corrected chi connectivity index (χ2v) is 7.18. The number of nitrogen functional groups attached to an aromatic ring is 2. The first-order valence-electron chi connectivity index (χ1n) is 9.95. The lowest BCUT2D eigenvalue weighted by Gasteiger charge is -2.10. The summed E-state index contributed by atoms with van der Waals surface area (Å²) in [6.45, 7) is 2.07. The van der Waals surface area contributed by atoms with Gasteiger partial charge in [-0.15, -0.1) is 0 Å². The minimum atomic E-state index is 0.477. The molecule has 0 aliphatic rings. The molecule has 0 aliphatic heterocycles. The predicted molar refractivity (Wildman–Crippen MR) is 121 cm³/mol. The van der Waals surface area contributed by atoms with E-state index < -0.39 is 0 Å². The highest BCUT2D eigenvalue weighted by Crippen LogP contribution is 2.19. The Bertz CT molecular complexity index is 1150. The van der Waals surface area contributed by atoms with Crippen LogP contribution in [-0.2, 0) is 19.6 Å². The second kappa shape index (κ2) is 9.24. The molecule has 5 N–H and O–H groups in total. The number of anilines is 2. The van der Waals surface area contributed by atoms with Gasteiger partial charge in [-0.1, -0.05) is 30.3 Å². The van der Waals surface area contributed by atoms with E-state index in [1.165, 1.54) is 5.56 Å². The third-order valence-corrected chi connectivity index (χ3v) is 4.80. The number of hydrogen-bond acceptors (Lipinski definition) is 6. The number of hydrogen-bond donors (Lipinski definition) is 3. The predicted octanol–water partition coefficient (Wildman–Crippen LogP) is 3.71. The Kier molecular flexibility index (Phi) is 6.06. The van der Waals surface area contributed by atoms with Crippen LogP contribution in [-0.4, -0.2) is 16.5 Å². The molecule has 2 heterocycles. The Morgan fingerprint density at radius 2 is 1.63 bits per heavy atom. The number of nitrogens with two attached hydrogens (primary N) is 2. The molecule has 6 heteroatoms. The molecule has 4 aromatic rings. The lowest BCUT2D eigenvalue weighted by Crippen LogP contribution is -2.17. The highest BCUT2D eigenvalue weighted by Gasteiger charge is 2.02. The van der Waals surface area contributed by atoms with Crippen LogP contribution in [0.5, 0.6) is 5.75 Å². The molecule has 0 saturated heterocycles. The molecular formula is C24H25N5O. The summed E-state index contributed by atoms with van der Waals surface area (Å²) in [5.41, 5.74) is 15.6. The maximum atomic E-state index is 5.99. The van der Waals surface area contributed by atoms with Gasteiger partial charge in [0.15, 0.2) is 0 Å². The summed E-state index contributed by atoms with van der Waals surface area (Å²) >= 11 is 0. The fraction of sp³-hybridized carbons (Fsp3) is 0.167. The van der Waals surface area contributed by atoms with Crippen molar-refractivity contribution in [1.29, 1.82) is 0 Å². The maximum absolute atomic E-state index is 5.99. The fourth-order valence-corrected chi connectivity index (χ4v) is 3.27. The number of fused-ring (bicyclic) bond motifs is 1. The Morgan fingerprint density at radius 3 is 2.53 bits per heavy atom. The molecule has 0 bridgehead atoms. The topological polar surface area (TPSA) is 99.1 Å². The molecule has 0 saturated carbocycles. The third-order valence-electron chi connectivity index (χ3n) is 4.80. The van der Waals surface area contributed by atoms with Gasteiger partial charge in [0.1, 0.15) is 24.0 Å². The number of ether oxygens (including phenoxy) is 1. The summed E-state index contributed by atoms with van der Waals surface area (Å²) in [5, 5.41) is 4.50. The average Bonchev–Trinajstić information content (AvgIpc) is 2.75. The van der Waals surface area contributed by atoms with Crippen LogP contribution in [0.25, 0.3) is 10.9 Å². The Labute approximate surface area is 175 Å². The van der Waals surface area contributed by atoms with Crippen LogP contribution < -0.4 is 21.5 Å². The van der Waals surface area contributed by atoms with Gasteiger partial charge < -0.3 is 21.5 Å². The van der Waals surface area contributed by atoms with Crippen LogP contribution in [0.4, 0.5) is 11.6 Å². The van der Waals surface area contributed by atoms with E-state index >= 15 is 0 Å². The van der Waals surface area contributed by atoms with E-state index in [1.807, 2.05) is 48.5 Å². The second-order valence-electron chi connectivity index (χ2n) is 7.18. The highest BCUT2D eigenvalue weighted by molar-refractivity contribution is 5.80. The Hall–Kier alpha value is -3.64. The standard InChI is InChI=1S/C24H25N5O/c25-23-6-2-4-20(28-23)11-12-27-15-17-3-1-5-21(13-17)30-16-18-7-8-19-9-10-24(26)29-22(19)14-18/h1-10,13-14,27H,11-12,15-16H2,(H2,25,28)(H2,26,29). The van der Waals surface area contributed by atoms with Crippen molar-refractivity contribution in [2.24, 2.45) is 0 Å². The van der Waals surface area contributed by atoms with E-state index in [2.05, 4.69) is 33.5 Å². The van der Waals surface area contributed by atoms with Gasteiger partial charge in [0.25, 0.3) is 0 Å². The van der Waals surface area contributed by atoms with Crippen molar-refractivity contribution in [3.63, 3.8) is 0 Å². The molecule has 0 atom stereocenters. The minimum absolute atomic E-state index is 0.477. The fourth-order valence-electron chi connectivity index (χ4n) is 3.27. The van der Waals surface area contributed by atoms with Gasteiger partial charge >= 0.3 is 0 Å². The monoisotopic (exact) mass is 399 g/mol. The van der Waals surface area contributed by atoms with Crippen LogP contribution >= 0.6 is 0 Å². The number of pyridine rings is 2. The van der Waals surface area contributed by atoms with Gasteiger partial charge in [-0.3, -0.25) is 0 Å². The van der Waals surface area contributed by atoms with Crippen molar-refractivity contribution in [2.45, 2.75) is 19.6 Å². The molecule has 6 nitrogen and oxygen atoms in total. The van der Waals surface area contributed by atoms with Gasteiger partial charge in [0, 0.05) is 30.6 Å². The van der Waals surface area contributed by atoms with Crippen molar-refractivity contribution >= 4 is 22.5 Å². The van der Waals surface area contributed by atoms with Crippen LogP contribution in [0.1, 0.15) is 16.8 Å². The summed E-state index contributed by atoms with van der Waals surface area (Å²) in [5.74, 6) is 1.92. The lowest BCUT2D eigenvalue weighted by atomic mass is 10.1. The first kappa shape index (κ1) is 19.7. The molecule has 0 amide bonds. The van der Waals surface area contributed by atoms with Crippen LogP contribution in [0, 0.1) is 0 Å². The van der Waals surface area contributed by atoms with Crippen molar-refractivity contribution in [3.05, 3.63) is 89.6 Å². The van der Waals surface area contributed by atoms with E-state index in [4.69, 9.17) is 16.2 Å². The normalized spacial score (nSPS) is 10.9. The third kappa shape index (κ3) is 5.24. The van der Waals surface area contributed by atoms with Crippen LogP contribution in [0.3, 0.4) is 0 Å². The summed E-state index contributed by atoms with van der Waals surface area (Å²) in [4.78, 5) is 8.69. The smallest absolute Gasteiger partial charge is 0.124 e. The minimum Gasteiger partial charge on any atom is -0.489 e. The molecule has 2 aromatic heterocycles. The van der Waals surface area contributed by atoms with Crippen LogP contribution in [0.15, 0.2) is 72.8 Å². The van der Waals surface area contributed by atoms with Crippen molar-refractivity contribution < 1.29 is 4.74 Å². The molecule has 152 valence electrons. The van der Waals surface area contributed by atoms with E-state index in [9.17, 15) is 0 Å². The quantitative estimate of drug-likeness (QED) is 0.391. The van der Waals surface area contributed by atoms with E-state index in [0.717, 1.165) is 47.4 Å². The van der Waals surface area contributed by atoms with Crippen molar-refractivity contribution in [2.75, 3.05) is 18.0 Å². The van der Waals surface area contributed by atoms with Gasteiger partial charge in [-0.2, -0.15) is 0 Å². The molecule has 0 radical (unpaired) electrons. The number of nitrogens with zero attached hydrogens (tertiary/aromatic N) is 2. The zero-order valence-corrected chi connectivity index (χ0v) is 16.7. The zero-order chi connectivity index (χ0) is 20.8. The van der Waals surface area contributed by atoms with Gasteiger partial charge in [0.05, 0.1) is 5.52 Å². The zero-order valence-electron chi connectivity index (χ0n) is 16.7. The van der Waals surface area contributed by atoms with Crippen molar-refractivity contribution in [3.8, 4) is 5.75 Å². The number of nitrogens with one attached hydrogen (secondary N) is 1. The molecule has 0 fully saturated rings.